The Kier molecular flexibility index (Phi) is 2.93. The van der Waals surface area contributed by atoms with E-state index in [-0.39, 0.29) is 5.56 Å². The molecule has 3 aromatic heterocycles. The maximum Gasteiger partial charge on any atom is 0.264 e. The zero-order chi connectivity index (χ0) is 16.8. The number of aryl methyl sites for hydroxylation is 1. The molecule has 0 radical (unpaired) electrons. The molecule has 0 aliphatic carbocycles. The maximum absolute atomic E-state index is 12.5. The summed E-state index contributed by atoms with van der Waals surface area (Å²) in [6.07, 6.45) is 3.81. The number of anilines is 2. The van der Waals surface area contributed by atoms with E-state index in [9.17, 15) is 4.79 Å². The van der Waals surface area contributed by atoms with Crippen LogP contribution in [-0.2, 0) is 6.54 Å². The van der Waals surface area contributed by atoms with Gasteiger partial charge in [-0.15, -0.1) is 5.10 Å². The first kappa shape index (κ1) is 13.9. The lowest BCUT2D eigenvalue weighted by Gasteiger charge is -2.25. The molecule has 124 valence electrons. The van der Waals surface area contributed by atoms with Gasteiger partial charge in [0.2, 0.25) is 5.95 Å². The molecule has 1 aliphatic rings. The third-order valence-corrected chi connectivity index (χ3v) is 4.30. The standard InChI is InChI=1S/C16H14N8O/c25-15-12-13(17-9-18-15)24(11-5-2-1-3-6-11)21-14(12)22-7-4-8-23-16(22)19-10-20-23/h1-3,5-6,9-10H,4,7-8H2,(H,17,18,25). The molecule has 1 aliphatic heterocycles. The molecule has 25 heavy (non-hydrogen) atoms. The monoisotopic (exact) mass is 334 g/mol. The lowest BCUT2D eigenvalue weighted by Crippen LogP contribution is -2.29. The first-order chi connectivity index (χ1) is 12.3. The first-order valence-electron chi connectivity index (χ1n) is 8.00. The second kappa shape index (κ2) is 5.26. The minimum absolute atomic E-state index is 0.223. The van der Waals surface area contributed by atoms with E-state index in [2.05, 4.69) is 20.1 Å². The summed E-state index contributed by atoms with van der Waals surface area (Å²) in [4.78, 5) is 25.8. The van der Waals surface area contributed by atoms with Gasteiger partial charge in [-0.1, -0.05) is 18.2 Å². The van der Waals surface area contributed by atoms with E-state index < -0.39 is 0 Å². The van der Waals surface area contributed by atoms with Gasteiger partial charge in [0.25, 0.3) is 5.56 Å². The lowest BCUT2D eigenvalue weighted by atomic mass is 10.3. The van der Waals surface area contributed by atoms with Crippen LogP contribution in [-0.4, -0.2) is 41.1 Å². The molecule has 4 heterocycles. The zero-order valence-electron chi connectivity index (χ0n) is 13.2. The van der Waals surface area contributed by atoms with Gasteiger partial charge in [-0.3, -0.25) is 9.69 Å². The topological polar surface area (TPSA) is 97.5 Å². The molecule has 0 bridgehead atoms. The van der Waals surface area contributed by atoms with Crippen molar-refractivity contribution < 1.29 is 0 Å². The van der Waals surface area contributed by atoms with Crippen LogP contribution in [0.25, 0.3) is 16.7 Å². The first-order valence-corrected chi connectivity index (χ1v) is 8.00. The van der Waals surface area contributed by atoms with Crippen molar-refractivity contribution in [3.8, 4) is 5.69 Å². The number of fused-ring (bicyclic) bond motifs is 2. The van der Waals surface area contributed by atoms with Crippen LogP contribution in [0.3, 0.4) is 0 Å². The van der Waals surface area contributed by atoms with Crippen molar-refractivity contribution >= 4 is 22.8 Å². The molecule has 0 fully saturated rings. The second-order valence-electron chi connectivity index (χ2n) is 5.79. The molecule has 5 rings (SSSR count). The van der Waals surface area contributed by atoms with Gasteiger partial charge in [-0.05, 0) is 18.6 Å². The van der Waals surface area contributed by atoms with Gasteiger partial charge >= 0.3 is 0 Å². The van der Waals surface area contributed by atoms with Crippen molar-refractivity contribution in [1.82, 2.24) is 34.5 Å². The SMILES string of the molecule is O=c1[nH]cnc2c1c(N1CCCn3ncnc31)nn2-c1ccccc1. The molecule has 4 aromatic rings. The highest BCUT2D eigenvalue weighted by Gasteiger charge is 2.27. The molecule has 9 heteroatoms. The molecule has 0 amide bonds. The Morgan fingerprint density at radius 2 is 1.96 bits per heavy atom. The zero-order valence-corrected chi connectivity index (χ0v) is 13.2. The van der Waals surface area contributed by atoms with E-state index >= 15 is 0 Å². The van der Waals surface area contributed by atoms with Gasteiger partial charge in [-0.25, -0.2) is 14.3 Å². The number of rotatable bonds is 2. The molecule has 9 nitrogen and oxygen atoms in total. The van der Waals surface area contributed by atoms with Crippen molar-refractivity contribution in [3.05, 3.63) is 53.3 Å². The van der Waals surface area contributed by atoms with Gasteiger partial charge in [0, 0.05) is 13.1 Å². The predicted octanol–water partition coefficient (Wildman–Crippen LogP) is 1.24. The molecular formula is C16H14N8O. The van der Waals surface area contributed by atoms with Gasteiger partial charge in [0.05, 0.1) is 12.0 Å². The van der Waals surface area contributed by atoms with E-state index in [1.807, 2.05) is 39.9 Å². The third kappa shape index (κ3) is 2.05. The fourth-order valence-electron chi connectivity index (χ4n) is 3.19. The summed E-state index contributed by atoms with van der Waals surface area (Å²) >= 11 is 0. The lowest BCUT2D eigenvalue weighted by molar-refractivity contribution is 0.536. The third-order valence-electron chi connectivity index (χ3n) is 4.30. The normalized spacial score (nSPS) is 14.0. The van der Waals surface area contributed by atoms with Crippen LogP contribution in [0, 0.1) is 0 Å². The predicted molar refractivity (Wildman–Crippen MR) is 91.1 cm³/mol. The van der Waals surface area contributed by atoms with Crippen LogP contribution >= 0.6 is 0 Å². The Bertz CT molecular complexity index is 1110. The van der Waals surface area contributed by atoms with Gasteiger partial charge in [0.1, 0.15) is 11.7 Å². The maximum atomic E-state index is 12.5. The van der Waals surface area contributed by atoms with Crippen LogP contribution in [0.15, 0.2) is 47.8 Å². The molecule has 0 saturated carbocycles. The Balaban J connectivity index is 1.79. The van der Waals surface area contributed by atoms with Gasteiger partial charge in [0.15, 0.2) is 11.5 Å². The Labute approximate surface area is 141 Å². The number of hydrogen-bond donors (Lipinski definition) is 1. The highest BCUT2D eigenvalue weighted by atomic mass is 16.1. The molecular weight excluding hydrogens is 320 g/mol. The Hall–Kier alpha value is -3.49. The van der Waals surface area contributed by atoms with E-state index in [0.29, 0.717) is 29.3 Å². The van der Waals surface area contributed by atoms with E-state index in [4.69, 9.17) is 5.10 Å². The van der Waals surface area contributed by atoms with Crippen LogP contribution in [0.4, 0.5) is 11.8 Å². The Morgan fingerprint density at radius 1 is 1.08 bits per heavy atom. The Morgan fingerprint density at radius 3 is 2.84 bits per heavy atom. The number of H-pyrrole nitrogens is 1. The van der Waals surface area contributed by atoms with E-state index in [0.717, 1.165) is 18.7 Å². The van der Waals surface area contributed by atoms with Crippen molar-refractivity contribution in [2.45, 2.75) is 13.0 Å². The van der Waals surface area contributed by atoms with E-state index in [1.54, 1.807) is 4.68 Å². The van der Waals surface area contributed by atoms with Crippen LogP contribution < -0.4 is 10.5 Å². The molecule has 0 atom stereocenters. The molecule has 0 saturated heterocycles. The number of aromatic nitrogens is 7. The number of para-hydroxylation sites is 1. The summed E-state index contributed by atoms with van der Waals surface area (Å²) in [5.41, 5.74) is 1.13. The molecule has 0 spiro atoms. The second-order valence-corrected chi connectivity index (χ2v) is 5.79. The number of benzene rings is 1. The summed E-state index contributed by atoms with van der Waals surface area (Å²) in [6.45, 7) is 1.52. The largest absolute Gasteiger partial charge is 0.312 e. The average Bonchev–Trinajstić information content (AvgIpc) is 3.27. The fraction of sp³-hybridized carbons (Fsp3) is 0.188. The number of nitrogens with zero attached hydrogens (tertiary/aromatic N) is 7. The highest BCUT2D eigenvalue weighted by Crippen LogP contribution is 2.31. The van der Waals surface area contributed by atoms with Crippen LogP contribution in [0.2, 0.25) is 0 Å². The quantitative estimate of drug-likeness (QED) is 0.592. The molecule has 0 unspecified atom stereocenters. The summed E-state index contributed by atoms with van der Waals surface area (Å²) in [5, 5.41) is 9.38. The number of hydrogen-bond acceptors (Lipinski definition) is 6. The number of aromatic amines is 1. The van der Waals surface area contributed by atoms with E-state index in [1.165, 1.54) is 12.7 Å². The smallest absolute Gasteiger partial charge is 0.264 e. The van der Waals surface area contributed by atoms with Gasteiger partial charge in [-0.2, -0.15) is 10.1 Å². The average molecular weight is 334 g/mol. The summed E-state index contributed by atoms with van der Waals surface area (Å²) < 4.78 is 3.51. The fourth-order valence-corrected chi connectivity index (χ4v) is 3.19. The van der Waals surface area contributed by atoms with Crippen LogP contribution in [0.1, 0.15) is 6.42 Å². The van der Waals surface area contributed by atoms with Crippen molar-refractivity contribution in [2.75, 3.05) is 11.4 Å². The molecule has 1 N–H and O–H groups in total. The highest BCUT2D eigenvalue weighted by molar-refractivity contribution is 5.90. The summed E-state index contributed by atoms with van der Waals surface area (Å²) in [5.74, 6) is 1.23. The van der Waals surface area contributed by atoms with Crippen molar-refractivity contribution in [2.24, 2.45) is 0 Å². The van der Waals surface area contributed by atoms with Crippen LogP contribution in [0.5, 0.6) is 0 Å². The van der Waals surface area contributed by atoms with Crippen molar-refractivity contribution in [1.29, 1.82) is 0 Å². The summed E-state index contributed by atoms with van der Waals surface area (Å²) in [7, 11) is 0. The minimum atomic E-state index is -0.223. The molecule has 1 aromatic carbocycles. The van der Waals surface area contributed by atoms with Gasteiger partial charge < -0.3 is 4.98 Å². The summed E-state index contributed by atoms with van der Waals surface area (Å²) in [6, 6.07) is 9.64. The number of nitrogens with one attached hydrogen (secondary N) is 1. The van der Waals surface area contributed by atoms with Crippen molar-refractivity contribution in [3.63, 3.8) is 0 Å². The minimum Gasteiger partial charge on any atom is -0.312 e.